The second-order valence-corrected chi connectivity index (χ2v) is 5.20. The molecule has 1 heteroatoms. The first kappa shape index (κ1) is 12.8. The molecule has 1 heterocycles. The van der Waals surface area contributed by atoms with Crippen LogP contribution >= 0.6 is 0 Å². The molecule has 0 saturated heterocycles. The van der Waals surface area contributed by atoms with E-state index in [4.69, 9.17) is 0 Å². The molecule has 0 atom stereocenters. The van der Waals surface area contributed by atoms with Crippen molar-refractivity contribution in [2.75, 3.05) is 0 Å². The molecule has 0 saturated carbocycles. The van der Waals surface area contributed by atoms with Gasteiger partial charge in [-0.3, -0.25) is 0 Å². The molecule has 0 radical (unpaired) electrons. The quantitative estimate of drug-likeness (QED) is 0.695. The predicted octanol–water partition coefficient (Wildman–Crippen LogP) is 4.95. The number of benzene rings is 1. The summed E-state index contributed by atoms with van der Waals surface area (Å²) >= 11 is 0. The number of fused-ring (bicyclic) bond motifs is 1. The highest BCUT2D eigenvalue weighted by Crippen LogP contribution is 2.20. The molecule has 1 aromatic heterocycles. The fourth-order valence-corrected chi connectivity index (χ4v) is 1.41. The van der Waals surface area contributed by atoms with Crippen molar-refractivity contribution in [2.45, 2.75) is 40.5 Å². The molecule has 0 aliphatic heterocycles. The average molecular weight is 217 g/mol. The maximum Gasteiger partial charge on any atom is 0.0456 e. The van der Waals surface area contributed by atoms with Gasteiger partial charge in [0.2, 0.25) is 0 Å². The van der Waals surface area contributed by atoms with Crippen LogP contribution in [0.4, 0.5) is 0 Å². The van der Waals surface area contributed by atoms with E-state index in [1.54, 1.807) is 0 Å². The maximum absolute atomic E-state index is 3.40. The monoisotopic (exact) mass is 217 g/mol. The molecule has 2 rings (SSSR count). The highest BCUT2D eigenvalue weighted by Gasteiger charge is 2.02. The molecular weight excluding hydrogens is 194 g/mol. The molecule has 0 fully saturated rings. The third-order valence-electron chi connectivity index (χ3n) is 2.17. The van der Waals surface area contributed by atoms with Gasteiger partial charge < -0.3 is 4.98 Å². The zero-order valence-electron chi connectivity index (χ0n) is 11.0. The highest BCUT2D eigenvalue weighted by atomic mass is 14.7. The Morgan fingerprint density at radius 3 is 2.00 bits per heavy atom. The van der Waals surface area contributed by atoms with Gasteiger partial charge in [0.1, 0.15) is 0 Å². The van der Waals surface area contributed by atoms with Crippen molar-refractivity contribution in [3.05, 3.63) is 36.0 Å². The lowest BCUT2D eigenvalue weighted by molar-refractivity contribution is 0.737. The number of H-pyrrole nitrogens is 1. The van der Waals surface area contributed by atoms with E-state index >= 15 is 0 Å². The minimum atomic E-state index is 0.581. The van der Waals surface area contributed by atoms with E-state index in [-0.39, 0.29) is 0 Å². The minimum Gasteiger partial charge on any atom is -0.358 e. The van der Waals surface area contributed by atoms with Crippen molar-refractivity contribution >= 4 is 10.9 Å². The van der Waals surface area contributed by atoms with Gasteiger partial charge in [0.15, 0.2) is 0 Å². The fourth-order valence-electron chi connectivity index (χ4n) is 1.41. The van der Waals surface area contributed by atoms with Crippen LogP contribution in [0.5, 0.6) is 0 Å². The van der Waals surface area contributed by atoms with Gasteiger partial charge in [-0.25, -0.2) is 0 Å². The number of rotatable bonds is 1. The molecule has 2 aromatic rings. The van der Waals surface area contributed by atoms with Crippen molar-refractivity contribution in [3.8, 4) is 0 Å². The van der Waals surface area contributed by atoms with Crippen LogP contribution < -0.4 is 0 Å². The predicted molar refractivity (Wildman–Crippen MR) is 72.9 cm³/mol. The van der Waals surface area contributed by atoms with Gasteiger partial charge in [-0.1, -0.05) is 52.8 Å². The first-order valence-electron chi connectivity index (χ1n) is 6.08. The third kappa shape index (κ3) is 3.73. The van der Waals surface area contributed by atoms with E-state index in [0.29, 0.717) is 5.92 Å². The van der Waals surface area contributed by atoms with Gasteiger partial charge >= 0.3 is 0 Å². The SMILES string of the molecule is CC(C)C.CC(C)c1cc2ccccc2[nH]1. The van der Waals surface area contributed by atoms with E-state index in [1.165, 1.54) is 16.6 Å². The molecular formula is C15H23N. The van der Waals surface area contributed by atoms with Crippen LogP contribution in [0.15, 0.2) is 30.3 Å². The fraction of sp³-hybridized carbons (Fsp3) is 0.467. The van der Waals surface area contributed by atoms with Gasteiger partial charge in [-0.05, 0) is 29.4 Å². The highest BCUT2D eigenvalue weighted by molar-refractivity contribution is 5.80. The van der Waals surface area contributed by atoms with Crippen LogP contribution in [0.1, 0.15) is 46.2 Å². The zero-order chi connectivity index (χ0) is 12.1. The average Bonchev–Trinajstić information content (AvgIpc) is 2.59. The number of para-hydroxylation sites is 1. The van der Waals surface area contributed by atoms with Crippen molar-refractivity contribution in [3.63, 3.8) is 0 Å². The summed E-state index contributed by atoms with van der Waals surface area (Å²) in [7, 11) is 0. The summed E-state index contributed by atoms with van der Waals surface area (Å²) < 4.78 is 0. The Hall–Kier alpha value is -1.24. The number of hydrogen-bond acceptors (Lipinski definition) is 0. The first-order chi connectivity index (χ1) is 7.50. The first-order valence-corrected chi connectivity index (χ1v) is 6.08. The molecule has 1 nitrogen and oxygen atoms in total. The lowest BCUT2D eigenvalue weighted by Crippen LogP contribution is -1.84. The Balaban J connectivity index is 0.000000280. The Bertz CT molecular complexity index is 388. The van der Waals surface area contributed by atoms with Crippen LogP contribution in [0, 0.1) is 5.92 Å². The Morgan fingerprint density at radius 2 is 1.50 bits per heavy atom. The number of aromatic amines is 1. The van der Waals surface area contributed by atoms with Gasteiger partial charge in [0, 0.05) is 11.2 Å². The topological polar surface area (TPSA) is 15.8 Å². The molecule has 88 valence electrons. The molecule has 1 N–H and O–H groups in total. The van der Waals surface area contributed by atoms with Gasteiger partial charge in [-0.15, -0.1) is 0 Å². The zero-order valence-corrected chi connectivity index (χ0v) is 11.0. The summed E-state index contributed by atoms with van der Waals surface area (Å²) in [4.78, 5) is 3.40. The van der Waals surface area contributed by atoms with E-state index in [2.05, 4.69) is 69.9 Å². The van der Waals surface area contributed by atoms with Crippen LogP contribution in [0.3, 0.4) is 0 Å². The van der Waals surface area contributed by atoms with Crippen molar-refractivity contribution in [1.29, 1.82) is 0 Å². The van der Waals surface area contributed by atoms with Crippen LogP contribution in [-0.2, 0) is 0 Å². The Kier molecular flexibility index (Phi) is 4.60. The van der Waals surface area contributed by atoms with E-state index < -0.39 is 0 Å². The van der Waals surface area contributed by atoms with Gasteiger partial charge in [-0.2, -0.15) is 0 Å². The smallest absolute Gasteiger partial charge is 0.0456 e. The van der Waals surface area contributed by atoms with E-state index in [1.807, 2.05) is 0 Å². The maximum atomic E-state index is 3.40. The molecule has 0 spiro atoms. The molecule has 0 aliphatic rings. The van der Waals surface area contributed by atoms with Crippen molar-refractivity contribution in [2.24, 2.45) is 5.92 Å². The standard InChI is InChI=1S/C11H13N.C4H10/c1-8(2)11-7-9-5-3-4-6-10(9)12-11;1-4(2)3/h3-8,12H,1-2H3;4H,1-3H3. The number of hydrogen-bond donors (Lipinski definition) is 1. The lowest BCUT2D eigenvalue weighted by Gasteiger charge is -1.97. The van der Waals surface area contributed by atoms with Crippen molar-refractivity contribution < 1.29 is 0 Å². The summed E-state index contributed by atoms with van der Waals surface area (Å²) in [5, 5.41) is 1.31. The Labute approximate surface area is 98.9 Å². The summed E-state index contributed by atoms with van der Waals surface area (Å²) in [6.07, 6.45) is 0. The van der Waals surface area contributed by atoms with Crippen molar-refractivity contribution in [1.82, 2.24) is 4.98 Å². The molecule has 16 heavy (non-hydrogen) atoms. The van der Waals surface area contributed by atoms with Crippen LogP contribution in [0.2, 0.25) is 0 Å². The lowest BCUT2D eigenvalue weighted by atomic mass is 10.1. The van der Waals surface area contributed by atoms with E-state index in [9.17, 15) is 0 Å². The summed E-state index contributed by atoms with van der Waals surface area (Å²) in [6.45, 7) is 10.9. The minimum absolute atomic E-state index is 0.581. The third-order valence-corrected chi connectivity index (χ3v) is 2.17. The van der Waals surface area contributed by atoms with Crippen LogP contribution in [0.25, 0.3) is 10.9 Å². The summed E-state index contributed by atoms with van der Waals surface area (Å²) in [5.41, 5.74) is 2.55. The second-order valence-electron chi connectivity index (χ2n) is 5.20. The van der Waals surface area contributed by atoms with Crippen LogP contribution in [-0.4, -0.2) is 4.98 Å². The molecule has 1 aromatic carbocycles. The second kappa shape index (κ2) is 5.74. The molecule has 0 aliphatic carbocycles. The molecule has 0 unspecified atom stereocenters. The summed E-state index contributed by atoms with van der Waals surface area (Å²) in [5.74, 6) is 1.41. The van der Waals surface area contributed by atoms with E-state index in [0.717, 1.165) is 5.92 Å². The largest absolute Gasteiger partial charge is 0.358 e. The number of nitrogens with one attached hydrogen (secondary N) is 1. The number of aromatic nitrogens is 1. The molecule has 0 amide bonds. The Morgan fingerprint density at radius 1 is 0.938 bits per heavy atom. The normalized spacial score (nSPS) is 10.7. The summed E-state index contributed by atoms with van der Waals surface area (Å²) in [6, 6.07) is 10.6. The van der Waals surface area contributed by atoms with Gasteiger partial charge in [0.25, 0.3) is 0 Å². The van der Waals surface area contributed by atoms with Gasteiger partial charge in [0.05, 0.1) is 0 Å². The molecule has 0 bridgehead atoms.